The van der Waals surface area contributed by atoms with E-state index in [-0.39, 0.29) is 25.3 Å². The van der Waals surface area contributed by atoms with Crippen LogP contribution >= 0.6 is 0 Å². The van der Waals surface area contributed by atoms with Gasteiger partial charge in [-0.05, 0) is 13.8 Å². The smallest absolute Gasteiger partial charge is 0.307 e. The van der Waals surface area contributed by atoms with Crippen LogP contribution in [-0.4, -0.2) is 56.4 Å². The Morgan fingerprint density at radius 1 is 1.42 bits per heavy atom. The highest BCUT2D eigenvalue weighted by Gasteiger charge is 2.29. The molecule has 0 heterocycles. The monoisotopic (exact) mass is 291 g/mol. The lowest BCUT2D eigenvalue weighted by atomic mass is 10.3. The third kappa shape index (κ3) is 5.87. The molecule has 7 heteroatoms. The maximum atomic E-state index is 11.9. The van der Waals surface area contributed by atoms with Crippen molar-refractivity contribution in [1.82, 2.24) is 4.90 Å². The van der Waals surface area contributed by atoms with Crippen LogP contribution in [0.2, 0.25) is 0 Å². The number of carbonyl (C=O) groups is 2. The number of ether oxygens (including phenoxy) is 1. The Balaban J connectivity index is 4.49. The fourth-order valence-corrected chi connectivity index (χ4v) is 2.48. The van der Waals surface area contributed by atoms with Crippen LogP contribution in [0, 0.1) is 0 Å². The van der Waals surface area contributed by atoms with Crippen molar-refractivity contribution < 1.29 is 22.7 Å². The number of hydrogen-bond acceptors (Lipinski definition) is 5. The van der Waals surface area contributed by atoms with Crippen molar-refractivity contribution in [2.45, 2.75) is 25.5 Å². The Kier molecular flexibility index (Phi) is 7.36. The fourth-order valence-electron chi connectivity index (χ4n) is 1.37. The molecule has 0 spiro atoms. The summed E-state index contributed by atoms with van der Waals surface area (Å²) in [4.78, 5) is 24.3. The summed E-state index contributed by atoms with van der Waals surface area (Å²) in [7, 11) is -2.07. The molecule has 19 heavy (non-hydrogen) atoms. The number of amides is 1. The summed E-state index contributed by atoms with van der Waals surface area (Å²) in [6.07, 6.45) is 1.29. The highest BCUT2D eigenvalue weighted by Crippen LogP contribution is 2.06. The van der Waals surface area contributed by atoms with Gasteiger partial charge >= 0.3 is 5.97 Å². The predicted molar refractivity (Wildman–Crippen MR) is 72.3 cm³/mol. The minimum Gasteiger partial charge on any atom is -0.466 e. The third-order valence-corrected chi connectivity index (χ3v) is 4.55. The number of carbonyl (C=O) groups excluding carboxylic acids is 2. The molecule has 1 amide bonds. The largest absolute Gasteiger partial charge is 0.466 e. The van der Waals surface area contributed by atoms with Crippen LogP contribution in [0.15, 0.2) is 12.7 Å². The van der Waals surface area contributed by atoms with Gasteiger partial charge in [-0.25, -0.2) is 8.42 Å². The van der Waals surface area contributed by atoms with Gasteiger partial charge in [0.05, 0.1) is 18.8 Å². The summed E-state index contributed by atoms with van der Waals surface area (Å²) in [6, 6.07) is 0. The first kappa shape index (κ1) is 17.6. The van der Waals surface area contributed by atoms with Gasteiger partial charge in [0.25, 0.3) is 0 Å². The zero-order chi connectivity index (χ0) is 15.1. The van der Waals surface area contributed by atoms with E-state index in [4.69, 9.17) is 4.74 Å². The van der Waals surface area contributed by atoms with E-state index in [9.17, 15) is 18.0 Å². The van der Waals surface area contributed by atoms with Gasteiger partial charge in [-0.1, -0.05) is 6.08 Å². The maximum absolute atomic E-state index is 11.9. The summed E-state index contributed by atoms with van der Waals surface area (Å²) in [5.41, 5.74) is 0. The van der Waals surface area contributed by atoms with Crippen molar-refractivity contribution in [3.63, 3.8) is 0 Å². The minimum atomic E-state index is -3.53. The van der Waals surface area contributed by atoms with Crippen LogP contribution in [-0.2, 0) is 24.2 Å². The van der Waals surface area contributed by atoms with Gasteiger partial charge in [0.15, 0.2) is 9.84 Å². The Morgan fingerprint density at radius 2 is 2.00 bits per heavy atom. The van der Waals surface area contributed by atoms with E-state index in [2.05, 4.69) is 6.58 Å². The Bertz CT molecular complexity index is 429. The van der Waals surface area contributed by atoms with Crippen molar-refractivity contribution in [2.75, 3.05) is 26.0 Å². The van der Waals surface area contributed by atoms with Crippen LogP contribution in [0.25, 0.3) is 0 Å². The van der Waals surface area contributed by atoms with Crippen molar-refractivity contribution >= 4 is 21.7 Å². The molecular weight excluding hydrogens is 270 g/mol. The molecular formula is C12H21NO5S. The molecule has 0 N–H and O–H groups in total. The molecule has 1 unspecified atom stereocenters. The second-order valence-electron chi connectivity index (χ2n) is 4.08. The molecule has 0 aliphatic heterocycles. The molecule has 6 nitrogen and oxygen atoms in total. The van der Waals surface area contributed by atoms with E-state index in [1.807, 2.05) is 0 Å². The van der Waals surface area contributed by atoms with Crippen LogP contribution in [0.5, 0.6) is 0 Å². The van der Waals surface area contributed by atoms with E-state index < -0.39 is 27.0 Å². The fraction of sp³-hybridized carbons (Fsp3) is 0.667. The normalized spacial score (nSPS) is 12.6. The Hall–Kier alpha value is -1.37. The quantitative estimate of drug-likeness (QED) is 0.477. The lowest BCUT2D eigenvalue weighted by Gasteiger charge is -2.20. The summed E-state index contributed by atoms with van der Waals surface area (Å²) in [6.45, 7) is 6.78. The van der Waals surface area contributed by atoms with Gasteiger partial charge in [-0.15, -0.1) is 6.58 Å². The zero-order valence-electron chi connectivity index (χ0n) is 11.6. The second-order valence-corrected chi connectivity index (χ2v) is 6.44. The van der Waals surface area contributed by atoms with Gasteiger partial charge < -0.3 is 9.64 Å². The average Bonchev–Trinajstić information content (AvgIpc) is 2.34. The molecule has 1 atom stereocenters. The lowest BCUT2D eigenvalue weighted by molar-refractivity contribution is -0.143. The third-order valence-electron chi connectivity index (χ3n) is 2.57. The lowest BCUT2D eigenvalue weighted by Crippen LogP contribution is -2.40. The van der Waals surface area contributed by atoms with Crippen molar-refractivity contribution in [3.8, 4) is 0 Å². The SMILES string of the molecule is C=CCS(=O)(=O)C(C)C(=O)N(C)CCC(=O)OCC. The predicted octanol–water partition coefficient (Wildman–Crippen LogP) is 0.387. The molecule has 0 aliphatic carbocycles. The first-order valence-electron chi connectivity index (χ1n) is 5.99. The topological polar surface area (TPSA) is 80.8 Å². The van der Waals surface area contributed by atoms with Crippen molar-refractivity contribution in [2.24, 2.45) is 0 Å². The van der Waals surface area contributed by atoms with E-state index in [0.29, 0.717) is 0 Å². The number of rotatable bonds is 8. The van der Waals surface area contributed by atoms with E-state index in [1.165, 1.54) is 24.9 Å². The van der Waals surface area contributed by atoms with Crippen molar-refractivity contribution in [3.05, 3.63) is 12.7 Å². The zero-order valence-corrected chi connectivity index (χ0v) is 12.4. The highest BCUT2D eigenvalue weighted by atomic mass is 32.2. The standard InChI is InChI=1S/C12H21NO5S/c1-5-9-19(16,17)10(3)12(15)13(4)8-7-11(14)18-6-2/h5,10H,1,6-9H2,2-4H3. The van der Waals surface area contributed by atoms with Crippen LogP contribution in [0.3, 0.4) is 0 Å². The van der Waals surface area contributed by atoms with E-state index in [0.717, 1.165) is 0 Å². The van der Waals surface area contributed by atoms with E-state index in [1.54, 1.807) is 6.92 Å². The number of esters is 1. The highest BCUT2D eigenvalue weighted by molar-refractivity contribution is 7.92. The Labute approximate surface area is 114 Å². The van der Waals surface area contributed by atoms with Gasteiger partial charge in [-0.3, -0.25) is 9.59 Å². The van der Waals surface area contributed by atoms with Crippen LogP contribution in [0.1, 0.15) is 20.3 Å². The molecule has 0 radical (unpaired) electrons. The minimum absolute atomic E-state index is 0.0459. The molecule has 0 aliphatic rings. The summed E-state index contributed by atoms with van der Waals surface area (Å²) in [5, 5.41) is -1.14. The molecule has 0 bridgehead atoms. The van der Waals surface area contributed by atoms with E-state index >= 15 is 0 Å². The summed E-state index contributed by atoms with van der Waals surface area (Å²) >= 11 is 0. The van der Waals surface area contributed by atoms with Gasteiger partial charge in [-0.2, -0.15) is 0 Å². The molecule has 0 aromatic heterocycles. The molecule has 0 fully saturated rings. The van der Waals surface area contributed by atoms with Crippen LogP contribution < -0.4 is 0 Å². The molecule has 110 valence electrons. The molecule has 0 rings (SSSR count). The first-order valence-corrected chi connectivity index (χ1v) is 7.70. The molecule has 0 saturated heterocycles. The average molecular weight is 291 g/mol. The number of hydrogen-bond donors (Lipinski definition) is 0. The molecule has 0 aromatic carbocycles. The van der Waals surface area contributed by atoms with Gasteiger partial charge in [0.2, 0.25) is 5.91 Å². The molecule has 0 aromatic rings. The van der Waals surface area contributed by atoms with Gasteiger partial charge in [0.1, 0.15) is 5.25 Å². The van der Waals surface area contributed by atoms with Crippen LogP contribution in [0.4, 0.5) is 0 Å². The first-order chi connectivity index (χ1) is 8.76. The number of nitrogens with zero attached hydrogens (tertiary/aromatic N) is 1. The Morgan fingerprint density at radius 3 is 2.47 bits per heavy atom. The molecule has 0 saturated carbocycles. The summed E-state index contributed by atoms with van der Waals surface area (Å²) < 4.78 is 28.1. The maximum Gasteiger partial charge on any atom is 0.307 e. The summed E-state index contributed by atoms with van der Waals surface area (Å²) in [5.74, 6) is -1.19. The van der Waals surface area contributed by atoms with Gasteiger partial charge in [0, 0.05) is 13.6 Å². The van der Waals surface area contributed by atoms with Crippen molar-refractivity contribution in [1.29, 1.82) is 0 Å². The number of sulfone groups is 1. The second kappa shape index (κ2) is 7.93.